The number of hydrogen-bond acceptors (Lipinski definition) is 4. The van der Waals surface area contributed by atoms with Crippen LogP contribution in [0.5, 0.6) is 0 Å². The van der Waals surface area contributed by atoms with E-state index in [0.29, 0.717) is 0 Å². The normalized spacial score (nSPS) is 11.0. The maximum absolute atomic E-state index is 4.59. The molecule has 0 bridgehead atoms. The van der Waals surface area contributed by atoms with Crippen LogP contribution >= 0.6 is 0 Å². The molecule has 5 heteroatoms. The first kappa shape index (κ1) is 12.6. The molecule has 1 aromatic carbocycles. The summed E-state index contributed by atoms with van der Waals surface area (Å²) in [6, 6.07) is 13.9. The van der Waals surface area contributed by atoms with Gasteiger partial charge in [0.25, 0.3) is 0 Å². The molecule has 3 heterocycles. The molecule has 0 radical (unpaired) electrons. The number of aryl methyl sites for hydroxylation is 1. The number of aromatic nitrogens is 5. The molecule has 0 saturated carbocycles. The van der Waals surface area contributed by atoms with Crippen LogP contribution in [0.25, 0.3) is 33.5 Å². The van der Waals surface area contributed by atoms with Gasteiger partial charge in [0, 0.05) is 30.6 Å². The third-order valence-electron chi connectivity index (χ3n) is 3.53. The predicted octanol–water partition coefficient (Wildman–Crippen LogP) is 3.09. The summed E-state index contributed by atoms with van der Waals surface area (Å²) in [5.41, 5.74) is 5.33. The highest BCUT2D eigenvalue weighted by Gasteiger charge is 2.16. The highest BCUT2D eigenvalue weighted by atomic mass is 15.3. The quantitative estimate of drug-likeness (QED) is 0.568. The van der Waals surface area contributed by atoms with Crippen molar-refractivity contribution in [3.63, 3.8) is 0 Å². The zero-order valence-electron chi connectivity index (χ0n) is 12.0. The van der Waals surface area contributed by atoms with E-state index in [9.17, 15) is 0 Å². The van der Waals surface area contributed by atoms with Crippen molar-refractivity contribution in [3.8, 4) is 22.5 Å². The Hall–Kier alpha value is -3.08. The van der Waals surface area contributed by atoms with Crippen LogP contribution in [0.3, 0.4) is 0 Å². The molecule has 5 nitrogen and oxygen atoms in total. The molecule has 0 atom stereocenters. The first-order valence-corrected chi connectivity index (χ1v) is 6.98. The Balaban J connectivity index is 2.00. The highest BCUT2D eigenvalue weighted by Crippen LogP contribution is 2.32. The van der Waals surface area contributed by atoms with Crippen LogP contribution in [-0.2, 0) is 7.05 Å². The fourth-order valence-corrected chi connectivity index (χ4v) is 2.56. The van der Waals surface area contributed by atoms with E-state index in [2.05, 4.69) is 20.1 Å². The molecule has 0 aliphatic heterocycles. The molecule has 0 aliphatic rings. The minimum Gasteiger partial charge on any atom is -0.274 e. The lowest BCUT2D eigenvalue weighted by Gasteiger charge is -2.04. The Bertz CT molecular complexity index is 938. The third kappa shape index (κ3) is 2.03. The van der Waals surface area contributed by atoms with Crippen LogP contribution in [-0.4, -0.2) is 24.7 Å². The van der Waals surface area contributed by atoms with E-state index in [-0.39, 0.29) is 0 Å². The summed E-state index contributed by atoms with van der Waals surface area (Å²) in [5, 5.41) is 4.59. The number of hydrogen-bond donors (Lipinski definition) is 0. The molecule has 0 aliphatic carbocycles. The Morgan fingerprint density at radius 3 is 2.59 bits per heavy atom. The van der Waals surface area contributed by atoms with Crippen molar-refractivity contribution in [2.24, 2.45) is 7.05 Å². The molecular weight excluding hydrogens is 274 g/mol. The topological polar surface area (TPSA) is 56.5 Å². The van der Waals surface area contributed by atoms with Gasteiger partial charge < -0.3 is 0 Å². The number of benzene rings is 1. The minimum atomic E-state index is 0.787. The van der Waals surface area contributed by atoms with E-state index < -0.39 is 0 Å². The number of rotatable bonds is 2. The van der Waals surface area contributed by atoms with Gasteiger partial charge in [-0.1, -0.05) is 30.3 Å². The van der Waals surface area contributed by atoms with Gasteiger partial charge in [-0.2, -0.15) is 5.10 Å². The molecule has 0 saturated heterocycles. The lowest BCUT2D eigenvalue weighted by Crippen LogP contribution is -1.91. The molecule has 0 amide bonds. The molecule has 3 aromatic heterocycles. The van der Waals surface area contributed by atoms with Crippen LogP contribution in [0.2, 0.25) is 0 Å². The lowest BCUT2D eigenvalue weighted by atomic mass is 10.0. The predicted molar refractivity (Wildman–Crippen MR) is 85.0 cm³/mol. The smallest absolute Gasteiger partial charge is 0.116 e. The average Bonchev–Trinajstić information content (AvgIpc) is 2.97. The fourth-order valence-electron chi connectivity index (χ4n) is 2.56. The maximum atomic E-state index is 4.59. The number of nitrogens with zero attached hydrogens (tertiary/aromatic N) is 5. The summed E-state index contributed by atoms with van der Waals surface area (Å²) >= 11 is 0. The van der Waals surface area contributed by atoms with Crippen LogP contribution in [0.1, 0.15) is 0 Å². The summed E-state index contributed by atoms with van der Waals surface area (Å²) in [5.74, 6) is 0. The Morgan fingerprint density at radius 1 is 0.864 bits per heavy atom. The average molecular weight is 287 g/mol. The van der Waals surface area contributed by atoms with E-state index in [1.807, 2.05) is 55.7 Å². The van der Waals surface area contributed by atoms with Crippen molar-refractivity contribution in [1.29, 1.82) is 0 Å². The second-order valence-electron chi connectivity index (χ2n) is 5.02. The van der Waals surface area contributed by atoms with Gasteiger partial charge in [-0.3, -0.25) is 9.67 Å². The molecule has 0 fully saturated rings. The van der Waals surface area contributed by atoms with Crippen molar-refractivity contribution in [2.75, 3.05) is 0 Å². The van der Waals surface area contributed by atoms with Gasteiger partial charge in [0.05, 0.1) is 5.52 Å². The minimum absolute atomic E-state index is 0.787. The van der Waals surface area contributed by atoms with Crippen LogP contribution in [0.15, 0.2) is 61.2 Å². The first-order chi connectivity index (χ1) is 10.8. The zero-order chi connectivity index (χ0) is 14.9. The number of pyridine rings is 1. The summed E-state index contributed by atoms with van der Waals surface area (Å²) in [6.07, 6.45) is 5.30. The van der Waals surface area contributed by atoms with Crippen LogP contribution < -0.4 is 0 Å². The highest BCUT2D eigenvalue weighted by molar-refractivity contribution is 5.92. The van der Waals surface area contributed by atoms with E-state index >= 15 is 0 Å². The first-order valence-electron chi connectivity index (χ1n) is 6.98. The van der Waals surface area contributed by atoms with Crippen LogP contribution in [0.4, 0.5) is 0 Å². The van der Waals surface area contributed by atoms with Crippen molar-refractivity contribution < 1.29 is 0 Å². The molecule has 0 N–H and O–H groups in total. The Labute approximate surface area is 127 Å². The van der Waals surface area contributed by atoms with Crippen molar-refractivity contribution in [3.05, 3.63) is 61.2 Å². The maximum Gasteiger partial charge on any atom is 0.116 e. The van der Waals surface area contributed by atoms with E-state index in [0.717, 1.165) is 33.5 Å². The second kappa shape index (κ2) is 5.04. The van der Waals surface area contributed by atoms with E-state index in [1.165, 1.54) is 0 Å². The van der Waals surface area contributed by atoms with Gasteiger partial charge in [0.1, 0.15) is 23.2 Å². The molecular formula is C17H13N5. The molecule has 4 aromatic rings. The van der Waals surface area contributed by atoms with E-state index in [1.54, 1.807) is 17.2 Å². The number of fused-ring (bicyclic) bond motifs is 1. The SMILES string of the molecule is Cn1cc(-c2ncnc3cccnc23)c(-c2ccccc2)n1. The third-order valence-corrected chi connectivity index (χ3v) is 3.53. The van der Waals surface area contributed by atoms with Gasteiger partial charge in [-0.15, -0.1) is 0 Å². The van der Waals surface area contributed by atoms with Crippen molar-refractivity contribution >= 4 is 11.0 Å². The zero-order valence-corrected chi connectivity index (χ0v) is 12.0. The van der Waals surface area contributed by atoms with E-state index in [4.69, 9.17) is 0 Å². The van der Waals surface area contributed by atoms with Crippen LogP contribution in [0, 0.1) is 0 Å². The Kier molecular flexibility index (Phi) is 2.89. The second-order valence-corrected chi connectivity index (χ2v) is 5.02. The molecule has 0 unspecified atom stereocenters. The summed E-state index contributed by atoms with van der Waals surface area (Å²) in [6.45, 7) is 0. The fraction of sp³-hybridized carbons (Fsp3) is 0.0588. The Morgan fingerprint density at radius 2 is 1.73 bits per heavy atom. The molecule has 22 heavy (non-hydrogen) atoms. The summed E-state index contributed by atoms with van der Waals surface area (Å²) < 4.78 is 1.80. The summed E-state index contributed by atoms with van der Waals surface area (Å²) in [7, 11) is 1.91. The van der Waals surface area contributed by atoms with Gasteiger partial charge in [0.15, 0.2) is 0 Å². The monoisotopic (exact) mass is 287 g/mol. The molecule has 0 spiro atoms. The lowest BCUT2D eigenvalue weighted by molar-refractivity contribution is 0.771. The standard InChI is InChI=1S/C17H13N5/c1-22-10-13(15(21-22)12-6-3-2-4-7-12)16-17-14(19-11-20-16)8-5-9-18-17/h2-11H,1H3. The summed E-state index contributed by atoms with van der Waals surface area (Å²) in [4.78, 5) is 13.2. The molecule has 106 valence electrons. The van der Waals surface area contributed by atoms with Gasteiger partial charge in [0.2, 0.25) is 0 Å². The van der Waals surface area contributed by atoms with Gasteiger partial charge >= 0.3 is 0 Å². The molecule has 4 rings (SSSR count). The van der Waals surface area contributed by atoms with Crippen molar-refractivity contribution in [2.45, 2.75) is 0 Å². The van der Waals surface area contributed by atoms with Gasteiger partial charge in [-0.25, -0.2) is 9.97 Å². The van der Waals surface area contributed by atoms with Gasteiger partial charge in [-0.05, 0) is 12.1 Å². The largest absolute Gasteiger partial charge is 0.274 e. The van der Waals surface area contributed by atoms with Crippen molar-refractivity contribution in [1.82, 2.24) is 24.7 Å².